The summed E-state index contributed by atoms with van der Waals surface area (Å²) in [5.41, 5.74) is 1.44. The third kappa shape index (κ3) is 2.49. The van der Waals surface area contributed by atoms with E-state index in [-0.39, 0.29) is 0 Å². The van der Waals surface area contributed by atoms with Gasteiger partial charge in [0.15, 0.2) is 0 Å². The second kappa shape index (κ2) is 5.23. The van der Waals surface area contributed by atoms with Crippen molar-refractivity contribution in [2.24, 2.45) is 5.92 Å². The number of hydrogen-bond acceptors (Lipinski definition) is 2. The number of Topliss-reactive ketones (excluding diaryl/α,β-unsaturated/α-hetero) is 1. The van der Waals surface area contributed by atoms with Gasteiger partial charge in [0.25, 0.3) is 0 Å². The van der Waals surface area contributed by atoms with Crippen LogP contribution in [0.2, 0.25) is 0 Å². The summed E-state index contributed by atoms with van der Waals surface area (Å²) in [5.74, 6) is 1.04. The van der Waals surface area contributed by atoms with Crippen molar-refractivity contribution in [2.75, 3.05) is 0 Å². The monoisotopic (exact) mass is 258 g/mol. The van der Waals surface area contributed by atoms with Gasteiger partial charge in [0.05, 0.1) is 0 Å². The number of thiophene rings is 1. The summed E-state index contributed by atoms with van der Waals surface area (Å²) in [6.07, 6.45) is 6.22. The summed E-state index contributed by atoms with van der Waals surface area (Å²) in [6, 6.07) is 8.59. The van der Waals surface area contributed by atoms with E-state index in [1.807, 2.05) is 11.3 Å². The molecule has 1 heterocycles. The molecule has 18 heavy (non-hydrogen) atoms. The molecule has 1 fully saturated rings. The Labute approximate surface area is 112 Å². The standard InChI is InChI=1S/C16H18OS/c17-14-6-2-1-5-12(10-14)9-13-11-18-16-8-4-3-7-15(13)16/h3-4,7-8,11-12H,1-2,5-6,9-10H2. The van der Waals surface area contributed by atoms with E-state index in [2.05, 4.69) is 29.6 Å². The fourth-order valence-electron chi connectivity index (χ4n) is 2.96. The molecule has 0 N–H and O–H groups in total. The molecule has 2 aromatic rings. The number of fused-ring (bicyclic) bond motifs is 1. The Bertz CT molecular complexity index is 555. The zero-order valence-electron chi connectivity index (χ0n) is 10.5. The largest absolute Gasteiger partial charge is 0.300 e. The van der Waals surface area contributed by atoms with Crippen LogP contribution in [0.3, 0.4) is 0 Å². The number of hydrogen-bond donors (Lipinski definition) is 0. The van der Waals surface area contributed by atoms with Gasteiger partial charge in [-0.15, -0.1) is 11.3 Å². The van der Waals surface area contributed by atoms with Crippen LogP contribution in [-0.4, -0.2) is 5.78 Å². The van der Waals surface area contributed by atoms with Gasteiger partial charge < -0.3 is 0 Å². The molecule has 0 bridgehead atoms. The Hall–Kier alpha value is -1.15. The summed E-state index contributed by atoms with van der Waals surface area (Å²) < 4.78 is 1.37. The first-order valence-corrected chi connectivity index (χ1v) is 7.68. The van der Waals surface area contributed by atoms with E-state index in [1.165, 1.54) is 28.5 Å². The van der Waals surface area contributed by atoms with Gasteiger partial charge in [-0.3, -0.25) is 4.79 Å². The van der Waals surface area contributed by atoms with E-state index >= 15 is 0 Å². The molecule has 0 spiro atoms. The Balaban J connectivity index is 1.81. The molecule has 2 heteroatoms. The van der Waals surface area contributed by atoms with Crippen LogP contribution in [0.15, 0.2) is 29.6 Å². The van der Waals surface area contributed by atoms with E-state index in [9.17, 15) is 4.79 Å². The smallest absolute Gasteiger partial charge is 0.133 e. The lowest BCUT2D eigenvalue weighted by Crippen LogP contribution is -2.07. The first-order chi connectivity index (χ1) is 8.83. The highest BCUT2D eigenvalue weighted by atomic mass is 32.1. The van der Waals surface area contributed by atoms with Crippen LogP contribution >= 0.6 is 11.3 Å². The van der Waals surface area contributed by atoms with Gasteiger partial charge in [-0.1, -0.05) is 24.6 Å². The van der Waals surface area contributed by atoms with Crippen molar-refractivity contribution in [1.82, 2.24) is 0 Å². The summed E-state index contributed by atoms with van der Waals surface area (Å²) in [5, 5.41) is 3.67. The maximum absolute atomic E-state index is 11.7. The van der Waals surface area contributed by atoms with Crippen LogP contribution in [0.4, 0.5) is 0 Å². The maximum atomic E-state index is 11.7. The molecule has 1 aromatic carbocycles. The predicted octanol–water partition coefficient (Wildman–Crippen LogP) is 4.59. The fraction of sp³-hybridized carbons (Fsp3) is 0.438. The number of carbonyl (C=O) groups is 1. The number of benzene rings is 1. The molecule has 1 atom stereocenters. The average Bonchev–Trinajstić information content (AvgIpc) is 2.66. The first-order valence-electron chi connectivity index (χ1n) is 6.80. The second-order valence-electron chi connectivity index (χ2n) is 5.32. The van der Waals surface area contributed by atoms with Crippen molar-refractivity contribution in [3.05, 3.63) is 35.2 Å². The molecule has 0 aliphatic heterocycles. The minimum absolute atomic E-state index is 0.469. The predicted molar refractivity (Wildman–Crippen MR) is 77.1 cm³/mol. The van der Waals surface area contributed by atoms with Crippen LogP contribution in [0.1, 0.15) is 37.7 Å². The highest BCUT2D eigenvalue weighted by Gasteiger charge is 2.19. The Morgan fingerprint density at radius 3 is 3.06 bits per heavy atom. The maximum Gasteiger partial charge on any atom is 0.133 e. The zero-order chi connectivity index (χ0) is 12.4. The number of carbonyl (C=O) groups excluding carboxylic acids is 1. The molecule has 0 radical (unpaired) electrons. The van der Waals surface area contributed by atoms with Gasteiger partial charge in [0.2, 0.25) is 0 Å². The van der Waals surface area contributed by atoms with Crippen LogP contribution in [0, 0.1) is 5.92 Å². The van der Waals surface area contributed by atoms with Crippen molar-refractivity contribution in [2.45, 2.75) is 38.5 Å². The Morgan fingerprint density at radius 1 is 1.22 bits per heavy atom. The molecule has 1 saturated carbocycles. The van der Waals surface area contributed by atoms with Gasteiger partial charge in [-0.25, -0.2) is 0 Å². The van der Waals surface area contributed by atoms with E-state index in [0.717, 1.165) is 25.7 Å². The third-order valence-corrected chi connectivity index (χ3v) is 4.92. The van der Waals surface area contributed by atoms with Crippen LogP contribution in [-0.2, 0) is 11.2 Å². The van der Waals surface area contributed by atoms with Crippen molar-refractivity contribution >= 4 is 27.2 Å². The molecule has 1 unspecified atom stereocenters. The highest BCUT2D eigenvalue weighted by Crippen LogP contribution is 2.31. The van der Waals surface area contributed by atoms with Gasteiger partial charge in [0, 0.05) is 17.5 Å². The topological polar surface area (TPSA) is 17.1 Å². The summed E-state index contributed by atoms with van der Waals surface area (Å²) in [6.45, 7) is 0. The molecule has 1 nitrogen and oxygen atoms in total. The van der Waals surface area contributed by atoms with E-state index in [0.29, 0.717) is 11.7 Å². The summed E-state index contributed by atoms with van der Waals surface area (Å²) in [4.78, 5) is 11.7. The van der Waals surface area contributed by atoms with Crippen LogP contribution < -0.4 is 0 Å². The molecule has 0 saturated heterocycles. The molecule has 1 aromatic heterocycles. The third-order valence-electron chi connectivity index (χ3n) is 3.90. The van der Waals surface area contributed by atoms with Crippen molar-refractivity contribution in [3.63, 3.8) is 0 Å². The van der Waals surface area contributed by atoms with Crippen LogP contribution in [0.25, 0.3) is 10.1 Å². The SMILES string of the molecule is O=C1CCCCC(Cc2csc3ccccc23)C1. The molecule has 0 amide bonds. The molecule has 1 aliphatic carbocycles. The van der Waals surface area contributed by atoms with Crippen LogP contribution in [0.5, 0.6) is 0 Å². The lowest BCUT2D eigenvalue weighted by molar-refractivity contribution is -0.119. The van der Waals surface area contributed by atoms with Crippen molar-refractivity contribution in [1.29, 1.82) is 0 Å². The molecule has 94 valence electrons. The van der Waals surface area contributed by atoms with Gasteiger partial charge >= 0.3 is 0 Å². The lowest BCUT2D eigenvalue weighted by atomic mass is 9.92. The summed E-state index contributed by atoms with van der Waals surface area (Å²) in [7, 11) is 0. The number of ketones is 1. The molecule has 3 rings (SSSR count). The Morgan fingerprint density at radius 2 is 2.11 bits per heavy atom. The lowest BCUT2D eigenvalue weighted by Gasteiger charge is -2.12. The van der Waals surface area contributed by atoms with E-state index in [4.69, 9.17) is 0 Å². The van der Waals surface area contributed by atoms with Gasteiger partial charge in [-0.05, 0) is 47.6 Å². The molecular weight excluding hydrogens is 240 g/mol. The van der Waals surface area contributed by atoms with E-state index in [1.54, 1.807) is 0 Å². The normalized spacial score (nSPS) is 21.1. The van der Waals surface area contributed by atoms with Crippen molar-refractivity contribution < 1.29 is 4.79 Å². The van der Waals surface area contributed by atoms with Gasteiger partial charge in [-0.2, -0.15) is 0 Å². The van der Waals surface area contributed by atoms with E-state index < -0.39 is 0 Å². The van der Waals surface area contributed by atoms with Crippen molar-refractivity contribution in [3.8, 4) is 0 Å². The summed E-state index contributed by atoms with van der Waals surface area (Å²) >= 11 is 1.82. The zero-order valence-corrected chi connectivity index (χ0v) is 11.3. The minimum Gasteiger partial charge on any atom is -0.300 e. The number of rotatable bonds is 2. The quantitative estimate of drug-likeness (QED) is 0.720. The Kier molecular flexibility index (Phi) is 3.46. The molecule has 1 aliphatic rings. The molecular formula is C16H18OS. The minimum atomic E-state index is 0.469. The highest BCUT2D eigenvalue weighted by molar-refractivity contribution is 7.17. The fourth-order valence-corrected chi connectivity index (χ4v) is 3.93. The van der Waals surface area contributed by atoms with Gasteiger partial charge in [0.1, 0.15) is 5.78 Å². The first kappa shape index (κ1) is 11.9. The average molecular weight is 258 g/mol. The second-order valence-corrected chi connectivity index (χ2v) is 6.23.